The first-order valence-electron chi connectivity index (χ1n) is 15.4. The molecule has 3 aromatic rings. The molecule has 1 saturated carbocycles. The van der Waals surface area contributed by atoms with Crippen LogP contribution in [0.1, 0.15) is 44.7 Å². The molecule has 44 heavy (non-hydrogen) atoms. The predicted octanol–water partition coefficient (Wildman–Crippen LogP) is 4.65. The number of anilines is 1. The number of piperidine rings is 1. The van der Waals surface area contributed by atoms with E-state index >= 15 is 0 Å². The number of primary amides is 1. The topological polar surface area (TPSA) is 119 Å². The molecule has 3 aliphatic rings. The number of benzene rings is 1. The third kappa shape index (κ3) is 6.85. The smallest absolute Gasteiger partial charge is 0.298 e. The molecule has 1 aliphatic heterocycles. The predicted molar refractivity (Wildman–Crippen MR) is 170 cm³/mol. The van der Waals surface area contributed by atoms with Gasteiger partial charge in [0, 0.05) is 73.9 Å². The summed E-state index contributed by atoms with van der Waals surface area (Å²) in [5.41, 5.74) is 7.71. The number of aromatic nitrogens is 4. The van der Waals surface area contributed by atoms with Gasteiger partial charge in [-0.3, -0.25) is 19.1 Å². The van der Waals surface area contributed by atoms with Crippen LogP contribution in [0.25, 0.3) is 17.1 Å². The second kappa shape index (κ2) is 12.6. The lowest BCUT2D eigenvalue weighted by molar-refractivity contribution is -0.122. The first-order chi connectivity index (χ1) is 21.3. The van der Waals surface area contributed by atoms with Crippen molar-refractivity contribution in [2.24, 2.45) is 28.5 Å². The van der Waals surface area contributed by atoms with Crippen molar-refractivity contribution in [3.8, 4) is 17.1 Å². The van der Waals surface area contributed by atoms with Gasteiger partial charge in [-0.25, -0.2) is 19.3 Å². The van der Waals surface area contributed by atoms with E-state index in [1.54, 1.807) is 36.0 Å². The zero-order valence-corrected chi connectivity index (χ0v) is 25.0. The van der Waals surface area contributed by atoms with Crippen molar-refractivity contribution in [2.45, 2.75) is 51.1 Å². The lowest BCUT2D eigenvalue weighted by Gasteiger charge is -2.31. The number of hydrogen-bond acceptors (Lipinski definition) is 7. The Morgan fingerprint density at radius 2 is 1.93 bits per heavy atom. The van der Waals surface area contributed by atoms with Crippen molar-refractivity contribution < 1.29 is 9.18 Å². The number of allylic oxidation sites excluding steroid dienone is 4. The average Bonchev–Trinajstić information content (AvgIpc) is 3.81. The Kier molecular flexibility index (Phi) is 8.50. The Labute approximate surface area is 256 Å². The molecule has 0 radical (unpaired) electrons. The summed E-state index contributed by atoms with van der Waals surface area (Å²) >= 11 is 0. The van der Waals surface area contributed by atoms with E-state index in [0.29, 0.717) is 68.8 Å². The maximum atomic E-state index is 14.0. The molecule has 2 unspecified atom stereocenters. The number of carbonyl (C=O) groups excluding carboxylic acids is 1. The van der Waals surface area contributed by atoms with E-state index in [0.717, 1.165) is 29.8 Å². The van der Waals surface area contributed by atoms with Crippen LogP contribution in [0, 0.1) is 17.8 Å². The third-order valence-electron chi connectivity index (χ3n) is 8.75. The molecular weight excluding hydrogens is 557 g/mol. The molecular formula is C34H38FN7O2. The van der Waals surface area contributed by atoms with E-state index in [1.165, 1.54) is 5.57 Å². The fourth-order valence-electron chi connectivity index (χ4n) is 5.96. The minimum absolute atomic E-state index is 0.178. The van der Waals surface area contributed by atoms with Gasteiger partial charge < -0.3 is 10.6 Å². The third-order valence-corrected chi connectivity index (χ3v) is 8.75. The van der Waals surface area contributed by atoms with Crippen molar-refractivity contribution in [3.05, 3.63) is 88.8 Å². The first kappa shape index (κ1) is 29.6. The van der Waals surface area contributed by atoms with Gasteiger partial charge in [0.05, 0.1) is 5.69 Å². The molecule has 9 nitrogen and oxygen atoms in total. The van der Waals surface area contributed by atoms with Gasteiger partial charge in [-0.2, -0.15) is 0 Å². The van der Waals surface area contributed by atoms with Crippen molar-refractivity contribution >= 4 is 17.9 Å². The van der Waals surface area contributed by atoms with Crippen LogP contribution in [0.15, 0.2) is 82.5 Å². The summed E-state index contributed by atoms with van der Waals surface area (Å²) in [7, 11) is 0. The Hall–Kier alpha value is -4.47. The highest BCUT2D eigenvalue weighted by Crippen LogP contribution is 2.45. The molecule has 1 saturated heterocycles. The summed E-state index contributed by atoms with van der Waals surface area (Å²) < 4.78 is 15.7. The lowest BCUT2D eigenvalue weighted by Crippen LogP contribution is -2.42. The molecule has 0 bridgehead atoms. The summed E-state index contributed by atoms with van der Waals surface area (Å²) in [5.74, 6) is 1.39. The zero-order chi connectivity index (χ0) is 30.7. The molecule has 0 spiro atoms. The number of nitrogens with two attached hydrogens (primary N) is 1. The number of amides is 1. The number of halogens is 1. The molecule has 1 amide bonds. The largest absolute Gasteiger partial charge is 0.369 e. The number of alkyl halides is 1. The number of nitrogens with zero attached hydrogens (tertiary/aromatic N) is 6. The summed E-state index contributed by atoms with van der Waals surface area (Å²) in [6.45, 7) is 3.36. The van der Waals surface area contributed by atoms with Gasteiger partial charge in [-0.05, 0) is 86.9 Å². The second-order valence-electron chi connectivity index (χ2n) is 12.2. The number of carbonyl (C=O) groups is 1. The zero-order valence-electron chi connectivity index (χ0n) is 25.0. The number of aryl methyl sites for hydroxylation is 1. The van der Waals surface area contributed by atoms with Crippen LogP contribution in [-0.2, 0) is 11.2 Å². The Bertz CT molecular complexity index is 1640. The lowest BCUT2D eigenvalue weighted by atomic mass is 9.93. The highest BCUT2D eigenvalue weighted by molar-refractivity contribution is 5.77. The van der Waals surface area contributed by atoms with Crippen LogP contribution in [-0.4, -0.2) is 56.9 Å². The quantitative estimate of drug-likeness (QED) is 0.269. The number of aliphatic imine (C=N–C) groups is 1. The van der Waals surface area contributed by atoms with Gasteiger partial charge in [0.1, 0.15) is 5.67 Å². The normalized spacial score (nSPS) is 23.6. The molecule has 2 aromatic heterocycles. The monoisotopic (exact) mass is 595 g/mol. The van der Waals surface area contributed by atoms with Crippen molar-refractivity contribution in [3.63, 3.8) is 0 Å². The van der Waals surface area contributed by atoms with Crippen LogP contribution < -0.4 is 16.2 Å². The van der Waals surface area contributed by atoms with E-state index in [-0.39, 0.29) is 17.4 Å². The standard InChI is InChI=1S/C34H38FN7O2/c1-34(35)13-9-23(10-14-34)29-20-26(29)21-37-15-2-4-27-22-42(28-7-5-25(6-8-28)31-38-16-3-17-39-31)33(44)32(40-27)41-18-11-24(12-19-41)30(36)43/h3,5-10,13,16-17,21-22,24,26,29H,2,4,11-12,14-15,18-20H2,1H3,(H2,36,43)/t26?,29-,34?/m0/s1. The molecule has 2 fully saturated rings. The Morgan fingerprint density at radius 3 is 2.61 bits per heavy atom. The molecule has 10 heteroatoms. The molecule has 2 aliphatic carbocycles. The van der Waals surface area contributed by atoms with E-state index in [2.05, 4.69) is 15.0 Å². The molecule has 1 aromatic carbocycles. The van der Waals surface area contributed by atoms with Gasteiger partial charge in [0.25, 0.3) is 5.56 Å². The summed E-state index contributed by atoms with van der Waals surface area (Å²) in [5, 5.41) is 0. The van der Waals surface area contributed by atoms with Gasteiger partial charge in [0.2, 0.25) is 5.91 Å². The van der Waals surface area contributed by atoms with E-state index in [9.17, 15) is 14.0 Å². The second-order valence-corrected chi connectivity index (χ2v) is 12.2. The maximum Gasteiger partial charge on any atom is 0.298 e. The maximum absolute atomic E-state index is 14.0. The van der Waals surface area contributed by atoms with Crippen LogP contribution in [0.2, 0.25) is 0 Å². The minimum Gasteiger partial charge on any atom is -0.369 e. The summed E-state index contributed by atoms with van der Waals surface area (Å²) in [6.07, 6.45) is 17.0. The van der Waals surface area contributed by atoms with Crippen LogP contribution in [0.3, 0.4) is 0 Å². The molecule has 6 rings (SSSR count). The molecule has 2 N–H and O–H groups in total. The van der Waals surface area contributed by atoms with Crippen LogP contribution in [0.4, 0.5) is 10.2 Å². The summed E-state index contributed by atoms with van der Waals surface area (Å²) in [6, 6.07) is 9.37. The summed E-state index contributed by atoms with van der Waals surface area (Å²) in [4.78, 5) is 45.5. The van der Waals surface area contributed by atoms with Gasteiger partial charge in [-0.15, -0.1) is 0 Å². The van der Waals surface area contributed by atoms with Crippen LogP contribution >= 0.6 is 0 Å². The minimum atomic E-state index is -1.24. The van der Waals surface area contributed by atoms with E-state index < -0.39 is 5.67 Å². The van der Waals surface area contributed by atoms with Crippen LogP contribution in [0.5, 0.6) is 0 Å². The SMILES string of the molecule is CC1(F)C=CC([C@@H]2CC2C=NCCCc2cn(-c3ccc(-c4ncccn4)cc3)c(=O)c(N3CCC(C(N)=O)CC3)n2)=CC1. The van der Waals surface area contributed by atoms with Gasteiger partial charge in [0.15, 0.2) is 11.6 Å². The Morgan fingerprint density at radius 1 is 1.18 bits per heavy atom. The fraction of sp³-hybridized carbons (Fsp3) is 0.412. The van der Waals surface area contributed by atoms with Gasteiger partial charge in [-0.1, -0.05) is 12.2 Å². The van der Waals surface area contributed by atoms with Crippen molar-refractivity contribution in [1.82, 2.24) is 19.5 Å². The Balaban J connectivity index is 1.15. The van der Waals surface area contributed by atoms with E-state index in [4.69, 9.17) is 10.7 Å². The van der Waals surface area contributed by atoms with E-state index in [1.807, 2.05) is 53.7 Å². The van der Waals surface area contributed by atoms with Gasteiger partial charge >= 0.3 is 0 Å². The molecule has 3 heterocycles. The fourth-order valence-corrected chi connectivity index (χ4v) is 5.96. The van der Waals surface area contributed by atoms with Crippen molar-refractivity contribution in [2.75, 3.05) is 24.5 Å². The molecule has 3 atom stereocenters. The highest BCUT2D eigenvalue weighted by Gasteiger charge is 2.39. The first-order valence-corrected chi connectivity index (χ1v) is 15.4. The number of hydrogen-bond donors (Lipinski definition) is 1. The highest BCUT2D eigenvalue weighted by atomic mass is 19.1. The number of rotatable bonds is 10. The van der Waals surface area contributed by atoms with Crippen molar-refractivity contribution in [1.29, 1.82) is 0 Å². The average molecular weight is 596 g/mol. The molecule has 228 valence electrons.